The summed E-state index contributed by atoms with van der Waals surface area (Å²) in [6.45, 7) is 5.13. The van der Waals surface area contributed by atoms with E-state index >= 15 is 0 Å². The lowest BCUT2D eigenvalue weighted by atomic mass is 10.3. The van der Waals surface area contributed by atoms with Crippen LogP contribution in [0.2, 0.25) is 0 Å². The van der Waals surface area contributed by atoms with Crippen molar-refractivity contribution in [1.29, 1.82) is 0 Å². The van der Waals surface area contributed by atoms with E-state index in [2.05, 4.69) is 11.9 Å². The first-order chi connectivity index (χ1) is 3.66. The number of ketones is 1. The van der Waals surface area contributed by atoms with Crippen molar-refractivity contribution in [3.63, 3.8) is 0 Å². The van der Waals surface area contributed by atoms with Gasteiger partial charge in [-0.1, -0.05) is 6.58 Å². The molecule has 0 aliphatic rings. The zero-order valence-corrected chi connectivity index (χ0v) is 5.32. The minimum absolute atomic E-state index is 0.143. The van der Waals surface area contributed by atoms with Gasteiger partial charge in [0.15, 0.2) is 0 Å². The fourth-order valence-electron chi connectivity index (χ4n) is 0.389. The van der Waals surface area contributed by atoms with Crippen molar-refractivity contribution in [2.24, 2.45) is 0 Å². The highest BCUT2D eigenvalue weighted by molar-refractivity contribution is 5.77. The number of nitrogens with one attached hydrogen (secondary N) is 1. The highest BCUT2D eigenvalue weighted by Crippen LogP contribution is 1.90. The summed E-state index contributed by atoms with van der Waals surface area (Å²) in [6, 6.07) is 0. The standard InChI is InChI=1S/C6H11NO/c1-5(7-3)4-6(2)8/h7H,1,4H2,2-3H3. The van der Waals surface area contributed by atoms with Crippen molar-refractivity contribution >= 4 is 5.78 Å². The second-order valence-corrected chi connectivity index (χ2v) is 1.73. The van der Waals surface area contributed by atoms with Crippen molar-refractivity contribution in [1.82, 2.24) is 5.32 Å². The monoisotopic (exact) mass is 113 g/mol. The van der Waals surface area contributed by atoms with Gasteiger partial charge in [-0.15, -0.1) is 0 Å². The topological polar surface area (TPSA) is 29.1 Å². The first-order valence-electron chi connectivity index (χ1n) is 2.51. The molecule has 0 heterocycles. The Balaban J connectivity index is 3.40. The first-order valence-corrected chi connectivity index (χ1v) is 2.51. The minimum atomic E-state index is 0.143. The fourth-order valence-corrected chi connectivity index (χ4v) is 0.389. The Morgan fingerprint density at radius 3 is 2.38 bits per heavy atom. The van der Waals surface area contributed by atoms with Crippen LogP contribution >= 0.6 is 0 Å². The maximum Gasteiger partial charge on any atom is 0.135 e. The highest BCUT2D eigenvalue weighted by Gasteiger charge is 1.92. The number of Topliss-reactive ketones (excluding diaryl/α,β-unsaturated/α-hetero) is 1. The summed E-state index contributed by atoms with van der Waals surface area (Å²) < 4.78 is 0. The van der Waals surface area contributed by atoms with Crippen LogP contribution in [0.3, 0.4) is 0 Å². The molecule has 0 aliphatic carbocycles. The molecule has 0 amide bonds. The SMILES string of the molecule is C=C(CC(C)=O)NC. The van der Waals surface area contributed by atoms with Gasteiger partial charge in [0.05, 0.1) is 0 Å². The molecule has 0 spiro atoms. The Bertz CT molecular complexity index is 107. The molecule has 0 rings (SSSR count). The maximum atomic E-state index is 10.3. The van der Waals surface area contributed by atoms with E-state index in [1.54, 1.807) is 14.0 Å². The zero-order chi connectivity index (χ0) is 6.57. The molecular formula is C6H11NO. The van der Waals surface area contributed by atoms with E-state index in [0.29, 0.717) is 6.42 Å². The summed E-state index contributed by atoms with van der Waals surface area (Å²) in [5, 5.41) is 2.78. The lowest BCUT2D eigenvalue weighted by Gasteiger charge is -1.98. The van der Waals surface area contributed by atoms with Crippen LogP contribution in [0, 0.1) is 0 Å². The molecule has 0 unspecified atom stereocenters. The normalized spacial score (nSPS) is 8.25. The highest BCUT2D eigenvalue weighted by atomic mass is 16.1. The molecule has 8 heavy (non-hydrogen) atoms. The van der Waals surface area contributed by atoms with Crippen LogP contribution in [0.25, 0.3) is 0 Å². The van der Waals surface area contributed by atoms with Gasteiger partial charge >= 0.3 is 0 Å². The Morgan fingerprint density at radius 2 is 2.25 bits per heavy atom. The zero-order valence-electron chi connectivity index (χ0n) is 5.32. The van der Waals surface area contributed by atoms with Gasteiger partial charge in [-0.05, 0) is 6.92 Å². The average molecular weight is 113 g/mol. The van der Waals surface area contributed by atoms with Crippen molar-refractivity contribution in [2.75, 3.05) is 7.05 Å². The van der Waals surface area contributed by atoms with Gasteiger partial charge in [-0.3, -0.25) is 4.79 Å². The lowest BCUT2D eigenvalue weighted by Crippen LogP contribution is -2.07. The average Bonchev–Trinajstić information content (AvgIpc) is 1.65. The number of hydrogen-bond donors (Lipinski definition) is 1. The summed E-state index contributed by atoms with van der Waals surface area (Å²) in [4.78, 5) is 10.3. The van der Waals surface area contributed by atoms with E-state index in [4.69, 9.17) is 0 Å². The predicted octanol–water partition coefficient (Wildman–Crippen LogP) is 0.699. The molecule has 0 saturated carbocycles. The quantitative estimate of drug-likeness (QED) is 0.583. The number of carbonyl (C=O) groups is 1. The van der Waals surface area contributed by atoms with Crippen molar-refractivity contribution in [2.45, 2.75) is 13.3 Å². The Kier molecular flexibility index (Phi) is 2.92. The van der Waals surface area contributed by atoms with Crippen LogP contribution in [0.5, 0.6) is 0 Å². The van der Waals surface area contributed by atoms with E-state index < -0.39 is 0 Å². The van der Waals surface area contributed by atoms with Crippen molar-refractivity contribution < 1.29 is 4.79 Å². The molecular weight excluding hydrogens is 102 g/mol. The van der Waals surface area contributed by atoms with Crippen LogP contribution < -0.4 is 5.32 Å². The number of allylic oxidation sites excluding steroid dienone is 1. The third kappa shape index (κ3) is 3.40. The van der Waals surface area contributed by atoms with Crippen molar-refractivity contribution in [3.05, 3.63) is 12.3 Å². The lowest BCUT2D eigenvalue weighted by molar-refractivity contribution is -0.116. The molecule has 0 fully saturated rings. The van der Waals surface area contributed by atoms with Gasteiger partial charge in [0.2, 0.25) is 0 Å². The minimum Gasteiger partial charge on any atom is -0.392 e. The molecule has 0 aromatic carbocycles. The Labute approximate surface area is 49.6 Å². The van der Waals surface area contributed by atoms with Gasteiger partial charge < -0.3 is 5.32 Å². The summed E-state index contributed by atoms with van der Waals surface area (Å²) in [6.07, 6.45) is 0.441. The smallest absolute Gasteiger partial charge is 0.135 e. The molecule has 0 atom stereocenters. The van der Waals surface area contributed by atoms with E-state index in [0.717, 1.165) is 5.70 Å². The third-order valence-electron chi connectivity index (χ3n) is 0.816. The molecule has 0 saturated heterocycles. The molecule has 2 nitrogen and oxygen atoms in total. The second-order valence-electron chi connectivity index (χ2n) is 1.73. The van der Waals surface area contributed by atoms with E-state index in [1.807, 2.05) is 0 Å². The van der Waals surface area contributed by atoms with Gasteiger partial charge in [0, 0.05) is 19.2 Å². The van der Waals surface area contributed by atoms with Gasteiger partial charge in [-0.2, -0.15) is 0 Å². The van der Waals surface area contributed by atoms with Crippen LogP contribution in [-0.4, -0.2) is 12.8 Å². The fraction of sp³-hybridized carbons (Fsp3) is 0.500. The Morgan fingerprint density at radius 1 is 1.75 bits per heavy atom. The molecule has 2 heteroatoms. The van der Waals surface area contributed by atoms with Crippen molar-refractivity contribution in [3.8, 4) is 0 Å². The van der Waals surface area contributed by atoms with Crippen LogP contribution in [0.4, 0.5) is 0 Å². The molecule has 0 aromatic heterocycles. The molecule has 0 aromatic rings. The molecule has 1 N–H and O–H groups in total. The summed E-state index contributed by atoms with van der Waals surface area (Å²) in [5.74, 6) is 0.143. The van der Waals surface area contributed by atoms with E-state index in [1.165, 1.54) is 0 Å². The first kappa shape index (κ1) is 7.21. The van der Waals surface area contributed by atoms with E-state index in [9.17, 15) is 4.79 Å². The van der Waals surface area contributed by atoms with Crippen LogP contribution in [0.1, 0.15) is 13.3 Å². The van der Waals surface area contributed by atoms with E-state index in [-0.39, 0.29) is 5.78 Å². The Hall–Kier alpha value is -0.790. The largest absolute Gasteiger partial charge is 0.392 e. The summed E-state index contributed by atoms with van der Waals surface area (Å²) in [5.41, 5.74) is 0.775. The van der Waals surface area contributed by atoms with Gasteiger partial charge in [-0.25, -0.2) is 0 Å². The summed E-state index contributed by atoms with van der Waals surface area (Å²) in [7, 11) is 1.76. The number of carbonyl (C=O) groups excluding carboxylic acids is 1. The predicted molar refractivity (Wildman–Crippen MR) is 33.5 cm³/mol. The molecule has 0 aliphatic heterocycles. The van der Waals surface area contributed by atoms with Crippen LogP contribution in [0.15, 0.2) is 12.3 Å². The molecule has 0 bridgehead atoms. The maximum absolute atomic E-state index is 10.3. The third-order valence-corrected chi connectivity index (χ3v) is 0.816. The molecule has 0 radical (unpaired) electrons. The molecule has 46 valence electrons. The summed E-state index contributed by atoms with van der Waals surface area (Å²) >= 11 is 0. The van der Waals surface area contributed by atoms with Crippen LogP contribution in [-0.2, 0) is 4.79 Å². The second kappa shape index (κ2) is 3.24. The number of rotatable bonds is 3. The van der Waals surface area contributed by atoms with Gasteiger partial charge in [0.25, 0.3) is 0 Å². The van der Waals surface area contributed by atoms with Gasteiger partial charge in [0.1, 0.15) is 5.78 Å². The number of hydrogen-bond acceptors (Lipinski definition) is 2.